The van der Waals surface area contributed by atoms with Gasteiger partial charge in [-0.2, -0.15) is 0 Å². The molecule has 4 heteroatoms. The Bertz CT molecular complexity index is 974. The fraction of sp³-hybridized carbons (Fsp3) is 0.261. The highest BCUT2D eigenvalue weighted by molar-refractivity contribution is 6.01. The predicted molar refractivity (Wildman–Crippen MR) is 107 cm³/mol. The van der Waals surface area contributed by atoms with Gasteiger partial charge >= 0.3 is 0 Å². The third kappa shape index (κ3) is 3.28. The Labute approximate surface area is 159 Å². The lowest BCUT2D eigenvalue weighted by Gasteiger charge is -2.12. The van der Waals surface area contributed by atoms with Crippen LogP contribution in [-0.4, -0.2) is 24.4 Å². The van der Waals surface area contributed by atoms with Gasteiger partial charge in [0.1, 0.15) is 11.5 Å². The number of amides is 1. The average Bonchev–Trinajstić information content (AvgIpc) is 3.27. The van der Waals surface area contributed by atoms with E-state index >= 15 is 0 Å². The van der Waals surface area contributed by atoms with Crippen molar-refractivity contribution in [1.82, 2.24) is 10.2 Å². The molecule has 0 aliphatic carbocycles. The van der Waals surface area contributed by atoms with Gasteiger partial charge in [0.25, 0.3) is 5.91 Å². The van der Waals surface area contributed by atoms with Crippen LogP contribution in [0.25, 0.3) is 22.5 Å². The maximum Gasteiger partial charge on any atom is 0.254 e. The Balaban J connectivity index is 1.73. The van der Waals surface area contributed by atoms with Crippen LogP contribution < -0.4 is 5.32 Å². The fourth-order valence-corrected chi connectivity index (χ4v) is 3.66. The molecule has 138 valence electrons. The monoisotopic (exact) mass is 360 g/mol. The van der Waals surface area contributed by atoms with Gasteiger partial charge in [0.15, 0.2) is 0 Å². The zero-order chi connectivity index (χ0) is 18.8. The zero-order valence-electron chi connectivity index (χ0n) is 15.8. The number of rotatable bonds is 6. The quantitative estimate of drug-likeness (QED) is 0.648. The lowest BCUT2D eigenvalue weighted by Crippen LogP contribution is -2.17. The molecule has 0 radical (unpaired) electrons. The molecule has 1 aliphatic heterocycles. The molecule has 2 aromatic carbocycles. The molecule has 0 fully saturated rings. The minimum Gasteiger partial charge on any atom is -0.460 e. The molecule has 1 aliphatic rings. The predicted octanol–water partition coefficient (Wildman–Crippen LogP) is 4.70. The Morgan fingerprint density at radius 3 is 2.52 bits per heavy atom. The van der Waals surface area contributed by atoms with Gasteiger partial charge in [0.2, 0.25) is 0 Å². The van der Waals surface area contributed by atoms with E-state index in [9.17, 15) is 4.79 Å². The number of carbonyl (C=O) groups is 1. The van der Waals surface area contributed by atoms with Crippen LogP contribution in [0.3, 0.4) is 0 Å². The number of carbonyl (C=O) groups excluding carboxylic acids is 1. The van der Waals surface area contributed by atoms with E-state index < -0.39 is 0 Å². The molecule has 3 aromatic rings. The van der Waals surface area contributed by atoms with Gasteiger partial charge in [-0.05, 0) is 47.9 Å². The number of nitrogens with zero attached hydrogens (tertiary/aromatic N) is 1. The molecule has 1 aromatic heterocycles. The summed E-state index contributed by atoms with van der Waals surface area (Å²) in [6.45, 7) is 4.50. The van der Waals surface area contributed by atoms with Crippen molar-refractivity contribution in [2.24, 2.45) is 0 Å². The molecule has 1 amide bonds. The van der Waals surface area contributed by atoms with Gasteiger partial charge in [-0.1, -0.05) is 43.3 Å². The number of fused-ring (bicyclic) bond motifs is 1. The molecular weight excluding hydrogens is 336 g/mol. The van der Waals surface area contributed by atoms with Crippen LogP contribution in [0, 0.1) is 0 Å². The lowest BCUT2D eigenvalue weighted by atomic mass is 9.92. The number of hydrogen-bond donors (Lipinski definition) is 1. The topological polar surface area (TPSA) is 45.5 Å². The van der Waals surface area contributed by atoms with Crippen molar-refractivity contribution in [3.8, 4) is 22.5 Å². The van der Waals surface area contributed by atoms with Crippen LogP contribution in [0.2, 0.25) is 0 Å². The number of benzene rings is 2. The van der Waals surface area contributed by atoms with Crippen molar-refractivity contribution in [2.45, 2.75) is 26.4 Å². The summed E-state index contributed by atoms with van der Waals surface area (Å²) in [6.07, 6.45) is 1.10. The van der Waals surface area contributed by atoms with Crippen LogP contribution in [-0.2, 0) is 13.1 Å². The standard InChI is InChI=1S/C23H24N2O2/c1-3-13-24-14-16-11-12-22(27-16)19-8-5-4-7-17(19)18-9-6-10-20-21(18)15-25(2)23(20)26/h4-12,24H,3,13-15H2,1-2H3. The van der Waals surface area contributed by atoms with Gasteiger partial charge in [-0.15, -0.1) is 0 Å². The first-order valence-corrected chi connectivity index (χ1v) is 9.45. The van der Waals surface area contributed by atoms with Gasteiger partial charge < -0.3 is 14.6 Å². The molecule has 2 heterocycles. The minimum absolute atomic E-state index is 0.0895. The van der Waals surface area contributed by atoms with Crippen LogP contribution in [0.4, 0.5) is 0 Å². The lowest BCUT2D eigenvalue weighted by molar-refractivity contribution is 0.0816. The second-order valence-electron chi connectivity index (χ2n) is 6.98. The summed E-state index contributed by atoms with van der Waals surface area (Å²) in [5.74, 6) is 1.88. The van der Waals surface area contributed by atoms with Crippen LogP contribution >= 0.6 is 0 Å². The highest BCUT2D eigenvalue weighted by Gasteiger charge is 2.27. The Kier molecular flexibility index (Phi) is 4.82. The molecule has 4 nitrogen and oxygen atoms in total. The van der Waals surface area contributed by atoms with E-state index in [2.05, 4.69) is 30.4 Å². The first-order valence-electron chi connectivity index (χ1n) is 9.45. The maximum absolute atomic E-state index is 12.4. The van der Waals surface area contributed by atoms with E-state index in [1.54, 1.807) is 4.90 Å². The summed E-state index contributed by atoms with van der Waals surface area (Å²) in [7, 11) is 1.85. The second-order valence-corrected chi connectivity index (χ2v) is 6.98. The molecule has 4 rings (SSSR count). The van der Waals surface area contributed by atoms with Crippen LogP contribution in [0.5, 0.6) is 0 Å². The summed E-state index contributed by atoms with van der Waals surface area (Å²) in [5.41, 5.74) is 5.14. The molecule has 0 unspecified atom stereocenters. The van der Waals surface area contributed by atoms with Gasteiger partial charge in [0.05, 0.1) is 6.54 Å². The normalized spacial score (nSPS) is 13.3. The largest absolute Gasteiger partial charge is 0.460 e. The van der Waals surface area contributed by atoms with Crippen molar-refractivity contribution in [1.29, 1.82) is 0 Å². The van der Waals surface area contributed by atoms with E-state index in [0.29, 0.717) is 6.54 Å². The van der Waals surface area contributed by atoms with E-state index in [0.717, 1.165) is 58.8 Å². The number of furan rings is 1. The van der Waals surface area contributed by atoms with Gasteiger partial charge in [-0.25, -0.2) is 0 Å². The first-order chi connectivity index (χ1) is 13.2. The first kappa shape index (κ1) is 17.6. The number of nitrogens with one attached hydrogen (secondary N) is 1. The molecular formula is C23H24N2O2. The summed E-state index contributed by atoms with van der Waals surface area (Å²) in [6, 6.07) is 18.3. The molecule has 0 saturated heterocycles. The van der Waals surface area contributed by atoms with Crippen molar-refractivity contribution in [2.75, 3.05) is 13.6 Å². The molecule has 0 atom stereocenters. The molecule has 0 spiro atoms. The third-order valence-electron chi connectivity index (χ3n) is 5.02. The van der Waals surface area contributed by atoms with E-state index in [-0.39, 0.29) is 5.91 Å². The highest BCUT2D eigenvalue weighted by Crippen LogP contribution is 2.38. The van der Waals surface area contributed by atoms with E-state index in [4.69, 9.17) is 4.42 Å². The summed E-state index contributed by atoms with van der Waals surface area (Å²) < 4.78 is 6.10. The molecule has 0 bridgehead atoms. The third-order valence-corrected chi connectivity index (χ3v) is 5.02. The van der Waals surface area contributed by atoms with Crippen molar-refractivity contribution in [3.05, 3.63) is 71.5 Å². The van der Waals surface area contributed by atoms with Gasteiger partial charge in [-0.3, -0.25) is 4.79 Å². The second kappa shape index (κ2) is 7.41. The Morgan fingerprint density at radius 2 is 1.70 bits per heavy atom. The van der Waals surface area contributed by atoms with Crippen molar-refractivity contribution >= 4 is 5.91 Å². The highest BCUT2D eigenvalue weighted by atomic mass is 16.3. The van der Waals surface area contributed by atoms with Crippen molar-refractivity contribution < 1.29 is 9.21 Å². The van der Waals surface area contributed by atoms with Crippen LogP contribution in [0.15, 0.2) is 59.0 Å². The molecule has 27 heavy (non-hydrogen) atoms. The Morgan fingerprint density at radius 1 is 0.963 bits per heavy atom. The summed E-state index contributed by atoms with van der Waals surface area (Å²) >= 11 is 0. The maximum atomic E-state index is 12.4. The average molecular weight is 360 g/mol. The van der Waals surface area contributed by atoms with E-state index in [1.165, 1.54) is 0 Å². The SMILES string of the molecule is CCCNCc1ccc(-c2ccccc2-c2cccc3c2CN(C)C3=O)o1. The summed E-state index contributed by atoms with van der Waals surface area (Å²) in [4.78, 5) is 14.1. The Hall–Kier alpha value is -2.85. The van der Waals surface area contributed by atoms with Crippen molar-refractivity contribution in [3.63, 3.8) is 0 Å². The van der Waals surface area contributed by atoms with E-state index in [1.807, 2.05) is 43.4 Å². The van der Waals surface area contributed by atoms with Gasteiger partial charge in [0, 0.05) is 24.7 Å². The summed E-state index contributed by atoms with van der Waals surface area (Å²) in [5, 5.41) is 3.37. The van der Waals surface area contributed by atoms with Crippen LogP contribution in [0.1, 0.15) is 35.0 Å². The number of hydrogen-bond acceptors (Lipinski definition) is 3. The zero-order valence-corrected chi connectivity index (χ0v) is 15.8. The minimum atomic E-state index is 0.0895. The molecule has 0 saturated carbocycles. The fourth-order valence-electron chi connectivity index (χ4n) is 3.66. The molecule has 1 N–H and O–H groups in total. The smallest absolute Gasteiger partial charge is 0.254 e.